The lowest BCUT2D eigenvalue weighted by molar-refractivity contribution is -0.390. The molecule has 0 radical (unpaired) electrons. The van der Waals surface area contributed by atoms with Crippen LogP contribution >= 0.6 is 0 Å². The number of ether oxygens (including phenoxy) is 1. The summed E-state index contributed by atoms with van der Waals surface area (Å²) in [6.07, 6.45) is 2.94. The van der Waals surface area contributed by atoms with Crippen LogP contribution < -0.4 is 10.1 Å². The zero-order chi connectivity index (χ0) is 21.7. The van der Waals surface area contributed by atoms with Crippen LogP contribution in [0, 0.1) is 10.1 Å². The standard InChI is InChI=1S/C19H22N4O6S/c1-14(29-17-6-5-11-20-18(17)23(25)26)19(24)21-15-7-9-16(10-8-15)30(27,28)22-12-3-2-4-13-22/h5-11,14H,2-4,12-13H2,1H3,(H,21,24). The Labute approximate surface area is 174 Å². The Bertz CT molecular complexity index is 1020. The fourth-order valence-corrected chi connectivity index (χ4v) is 4.58. The fraction of sp³-hybridized carbons (Fsp3) is 0.368. The predicted octanol–water partition coefficient (Wildman–Crippen LogP) is 2.57. The summed E-state index contributed by atoms with van der Waals surface area (Å²) in [6.45, 7) is 2.47. The smallest absolute Gasteiger partial charge is 0.406 e. The van der Waals surface area contributed by atoms with Gasteiger partial charge in [0, 0.05) is 18.8 Å². The van der Waals surface area contributed by atoms with E-state index in [0.717, 1.165) is 19.3 Å². The zero-order valence-electron chi connectivity index (χ0n) is 16.4. The van der Waals surface area contributed by atoms with Crippen LogP contribution in [0.15, 0.2) is 47.5 Å². The quantitative estimate of drug-likeness (QED) is 0.523. The minimum absolute atomic E-state index is 0.117. The first kappa shape index (κ1) is 21.7. The molecule has 1 fully saturated rings. The molecule has 1 aliphatic rings. The maximum Gasteiger partial charge on any atom is 0.406 e. The third kappa shape index (κ3) is 4.92. The second kappa shape index (κ2) is 9.18. The van der Waals surface area contributed by atoms with Crippen LogP contribution in [0.25, 0.3) is 0 Å². The molecule has 0 aliphatic carbocycles. The van der Waals surface area contributed by atoms with Crippen molar-refractivity contribution in [2.24, 2.45) is 0 Å². The van der Waals surface area contributed by atoms with Gasteiger partial charge in [-0.2, -0.15) is 4.31 Å². The maximum absolute atomic E-state index is 12.7. The molecule has 1 atom stereocenters. The molecule has 0 spiro atoms. The number of carbonyl (C=O) groups is 1. The summed E-state index contributed by atoms with van der Waals surface area (Å²) >= 11 is 0. The highest BCUT2D eigenvalue weighted by atomic mass is 32.2. The number of carbonyl (C=O) groups excluding carboxylic acids is 1. The molecular formula is C19H22N4O6S. The van der Waals surface area contributed by atoms with Crippen molar-refractivity contribution >= 4 is 27.4 Å². The van der Waals surface area contributed by atoms with E-state index >= 15 is 0 Å². The molecule has 30 heavy (non-hydrogen) atoms. The second-order valence-corrected chi connectivity index (χ2v) is 8.76. The van der Waals surface area contributed by atoms with Crippen molar-refractivity contribution in [2.45, 2.75) is 37.2 Å². The molecule has 1 N–H and O–H groups in total. The summed E-state index contributed by atoms with van der Waals surface area (Å²) in [5.41, 5.74) is 0.383. The van der Waals surface area contributed by atoms with E-state index in [1.807, 2.05) is 0 Å². The first-order chi connectivity index (χ1) is 14.3. The number of anilines is 1. The number of piperidine rings is 1. The molecule has 1 amide bonds. The van der Waals surface area contributed by atoms with Crippen molar-refractivity contribution in [1.82, 2.24) is 9.29 Å². The summed E-state index contributed by atoms with van der Waals surface area (Å²) in [5.74, 6) is -1.14. The molecule has 3 rings (SSSR count). The van der Waals surface area contributed by atoms with E-state index < -0.39 is 32.8 Å². The number of benzene rings is 1. The number of aromatic nitrogens is 1. The van der Waals surface area contributed by atoms with Gasteiger partial charge in [-0.05, 0) is 66.1 Å². The van der Waals surface area contributed by atoms with Crippen LogP contribution in [-0.2, 0) is 14.8 Å². The van der Waals surface area contributed by atoms with Crippen LogP contribution in [-0.4, -0.2) is 47.7 Å². The Morgan fingerprint density at radius 3 is 2.50 bits per heavy atom. The Balaban J connectivity index is 1.65. The average Bonchev–Trinajstić information content (AvgIpc) is 2.75. The average molecular weight is 434 g/mol. The van der Waals surface area contributed by atoms with Crippen molar-refractivity contribution in [3.8, 4) is 5.75 Å². The number of nitro groups is 1. The SMILES string of the molecule is CC(Oc1cccnc1[N+](=O)[O-])C(=O)Nc1ccc(S(=O)(=O)N2CCCCC2)cc1. The molecule has 2 heterocycles. The highest BCUT2D eigenvalue weighted by molar-refractivity contribution is 7.89. The van der Waals surface area contributed by atoms with E-state index in [1.54, 1.807) is 0 Å². The molecule has 160 valence electrons. The largest absolute Gasteiger partial charge is 0.473 e. The van der Waals surface area contributed by atoms with Gasteiger partial charge in [0.25, 0.3) is 5.91 Å². The minimum atomic E-state index is -3.55. The van der Waals surface area contributed by atoms with Gasteiger partial charge in [-0.1, -0.05) is 6.42 Å². The number of nitrogens with zero attached hydrogens (tertiary/aromatic N) is 3. The molecule has 11 heteroatoms. The molecule has 10 nitrogen and oxygen atoms in total. The maximum atomic E-state index is 12.7. The number of hydrogen-bond acceptors (Lipinski definition) is 7. The van der Waals surface area contributed by atoms with E-state index in [-0.39, 0.29) is 10.6 Å². The zero-order valence-corrected chi connectivity index (χ0v) is 17.2. The molecule has 1 aromatic heterocycles. The summed E-state index contributed by atoms with van der Waals surface area (Å²) in [6, 6.07) is 8.69. The lowest BCUT2D eigenvalue weighted by atomic mass is 10.2. The van der Waals surface area contributed by atoms with Crippen LogP contribution in [0.5, 0.6) is 5.75 Å². The highest BCUT2D eigenvalue weighted by Crippen LogP contribution is 2.25. The van der Waals surface area contributed by atoms with Gasteiger partial charge >= 0.3 is 5.82 Å². The third-order valence-electron chi connectivity index (χ3n) is 4.67. The van der Waals surface area contributed by atoms with E-state index in [1.165, 1.54) is 53.8 Å². The molecule has 1 unspecified atom stereocenters. The topological polar surface area (TPSA) is 132 Å². The summed E-state index contributed by atoms with van der Waals surface area (Å²) in [5, 5.41) is 13.6. The molecule has 1 saturated heterocycles. The van der Waals surface area contributed by atoms with Crippen molar-refractivity contribution < 1.29 is 22.9 Å². The fourth-order valence-electron chi connectivity index (χ4n) is 3.06. The number of rotatable bonds is 7. The van der Waals surface area contributed by atoms with Gasteiger partial charge in [0.1, 0.15) is 6.20 Å². The lowest BCUT2D eigenvalue weighted by Crippen LogP contribution is -2.35. The number of amides is 1. The van der Waals surface area contributed by atoms with Gasteiger partial charge in [-0.25, -0.2) is 8.42 Å². The van der Waals surface area contributed by atoms with Crippen molar-refractivity contribution in [2.75, 3.05) is 18.4 Å². The van der Waals surface area contributed by atoms with Crippen LogP contribution in [0.2, 0.25) is 0 Å². The van der Waals surface area contributed by atoms with Gasteiger partial charge in [0.15, 0.2) is 6.10 Å². The third-order valence-corrected chi connectivity index (χ3v) is 6.58. The monoisotopic (exact) mass is 434 g/mol. The number of hydrogen-bond donors (Lipinski definition) is 1. The van der Waals surface area contributed by atoms with Gasteiger partial charge in [0.05, 0.1) is 4.90 Å². The molecular weight excluding hydrogens is 412 g/mol. The summed E-state index contributed by atoms with van der Waals surface area (Å²) < 4.78 is 32.2. The minimum Gasteiger partial charge on any atom is -0.473 e. The van der Waals surface area contributed by atoms with Gasteiger partial charge in [-0.15, -0.1) is 0 Å². The number of pyridine rings is 1. The number of nitrogens with one attached hydrogen (secondary N) is 1. The summed E-state index contributed by atoms with van der Waals surface area (Å²) in [7, 11) is -3.55. The molecule has 1 aliphatic heterocycles. The Kier molecular flexibility index (Phi) is 6.63. The normalized spacial score (nSPS) is 15.9. The molecule has 1 aromatic carbocycles. The van der Waals surface area contributed by atoms with Gasteiger partial charge in [0.2, 0.25) is 15.8 Å². The van der Waals surface area contributed by atoms with Crippen LogP contribution in [0.3, 0.4) is 0 Å². The summed E-state index contributed by atoms with van der Waals surface area (Å²) in [4.78, 5) is 26.5. The Morgan fingerprint density at radius 2 is 1.87 bits per heavy atom. The predicted molar refractivity (Wildman–Crippen MR) is 109 cm³/mol. The van der Waals surface area contributed by atoms with E-state index in [9.17, 15) is 23.3 Å². The Hall–Kier alpha value is -3.05. The van der Waals surface area contributed by atoms with Crippen molar-refractivity contribution in [3.63, 3.8) is 0 Å². The molecule has 0 bridgehead atoms. The highest BCUT2D eigenvalue weighted by Gasteiger charge is 2.26. The van der Waals surface area contributed by atoms with E-state index in [2.05, 4.69) is 10.3 Å². The van der Waals surface area contributed by atoms with E-state index in [0.29, 0.717) is 18.8 Å². The second-order valence-electron chi connectivity index (χ2n) is 6.82. The lowest BCUT2D eigenvalue weighted by Gasteiger charge is -2.25. The molecule has 0 saturated carbocycles. The molecule has 2 aromatic rings. The Morgan fingerprint density at radius 1 is 1.20 bits per heavy atom. The van der Waals surface area contributed by atoms with Gasteiger partial charge in [-0.3, -0.25) is 4.79 Å². The van der Waals surface area contributed by atoms with E-state index in [4.69, 9.17) is 4.74 Å². The van der Waals surface area contributed by atoms with Gasteiger partial charge < -0.3 is 20.2 Å². The van der Waals surface area contributed by atoms with Crippen LogP contribution in [0.1, 0.15) is 26.2 Å². The first-order valence-electron chi connectivity index (χ1n) is 9.46. The van der Waals surface area contributed by atoms with Crippen molar-refractivity contribution in [1.29, 1.82) is 0 Å². The number of sulfonamides is 1. The van der Waals surface area contributed by atoms with Crippen molar-refractivity contribution in [3.05, 3.63) is 52.7 Å². The van der Waals surface area contributed by atoms with Crippen LogP contribution in [0.4, 0.5) is 11.5 Å². The first-order valence-corrected chi connectivity index (χ1v) is 10.9.